The van der Waals surface area contributed by atoms with E-state index in [0.29, 0.717) is 18.8 Å². The molecule has 0 bridgehead atoms. The van der Waals surface area contributed by atoms with Gasteiger partial charge in [0.1, 0.15) is 0 Å². The predicted octanol–water partition coefficient (Wildman–Crippen LogP) is 1.14. The lowest BCUT2D eigenvalue weighted by Crippen LogP contribution is -2.39. The van der Waals surface area contributed by atoms with E-state index in [1.807, 2.05) is 13.8 Å². The summed E-state index contributed by atoms with van der Waals surface area (Å²) in [6, 6.07) is -0.218. The Hall–Kier alpha value is -1.56. The molecule has 0 fully saturated rings. The first-order valence-corrected chi connectivity index (χ1v) is 5.83. The molecule has 0 aliphatic heterocycles. The molecule has 1 heterocycles. The minimum atomic E-state index is -0.529. The number of carbonyl (C=O) groups excluding carboxylic acids is 1. The van der Waals surface area contributed by atoms with Crippen LogP contribution in [0.15, 0.2) is 12.4 Å². The first-order chi connectivity index (χ1) is 8.06. The Morgan fingerprint density at radius 2 is 2.35 bits per heavy atom. The van der Waals surface area contributed by atoms with Crippen molar-refractivity contribution in [2.45, 2.75) is 33.4 Å². The highest BCUT2D eigenvalue weighted by Gasteiger charge is 2.14. The van der Waals surface area contributed by atoms with Crippen molar-refractivity contribution < 1.29 is 9.90 Å². The van der Waals surface area contributed by atoms with E-state index in [1.54, 1.807) is 28.9 Å². The van der Waals surface area contributed by atoms with Gasteiger partial charge in [-0.25, -0.2) is 4.79 Å². The monoisotopic (exact) mass is 240 g/mol. The summed E-state index contributed by atoms with van der Waals surface area (Å²) in [7, 11) is 0. The van der Waals surface area contributed by atoms with Crippen LogP contribution in [0.3, 0.4) is 0 Å². The number of hydrogen-bond donors (Lipinski definition) is 2. The van der Waals surface area contributed by atoms with Gasteiger partial charge in [0.15, 0.2) is 0 Å². The van der Waals surface area contributed by atoms with Crippen molar-refractivity contribution in [3.8, 4) is 0 Å². The van der Waals surface area contributed by atoms with Crippen molar-refractivity contribution in [2.24, 2.45) is 0 Å². The van der Waals surface area contributed by atoms with Gasteiger partial charge in [0.2, 0.25) is 0 Å². The molecule has 6 heteroatoms. The summed E-state index contributed by atoms with van der Waals surface area (Å²) in [6.45, 7) is 7.15. The highest BCUT2D eigenvalue weighted by molar-refractivity contribution is 5.88. The zero-order valence-electron chi connectivity index (χ0n) is 10.6. The first kappa shape index (κ1) is 13.5. The number of nitrogens with zero attached hydrogens (tertiary/aromatic N) is 3. The number of hydrogen-bond acceptors (Lipinski definition) is 3. The zero-order valence-corrected chi connectivity index (χ0v) is 10.6. The summed E-state index contributed by atoms with van der Waals surface area (Å²) in [5.41, 5.74) is 0.667. The van der Waals surface area contributed by atoms with Crippen molar-refractivity contribution in [2.75, 3.05) is 18.4 Å². The number of carbonyl (C=O) groups is 1. The van der Waals surface area contributed by atoms with E-state index < -0.39 is 6.10 Å². The molecule has 1 rings (SSSR count). The largest absolute Gasteiger partial charge is 0.392 e. The average Bonchev–Trinajstić information content (AvgIpc) is 2.73. The molecule has 0 aliphatic carbocycles. The van der Waals surface area contributed by atoms with Crippen LogP contribution < -0.4 is 5.32 Å². The summed E-state index contributed by atoms with van der Waals surface area (Å²) < 4.78 is 1.74. The maximum Gasteiger partial charge on any atom is 0.322 e. The number of amides is 2. The lowest BCUT2D eigenvalue weighted by molar-refractivity contribution is 0.141. The number of anilines is 1. The van der Waals surface area contributed by atoms with Crippen LogP contribution >= 0.6 is 0 Å². The molecule has 1 aromatic heterocycles. The molecule has 96 valence electrons. The van der Waals surface area contributed by atoms with Crippen LogP contribution in [-0.4, -0.2) is 45.0 Å². The summed E-state index contributed by atoms with van der Waals surface area (Å²) in [5, 5.41) is 16.1. The quantitative estimate of drug-likeness (QED) is 0.810. The molecular weight excluding hydrogens is 220 g/mol. The van der Waals surface area contributed by atoms with E-state index >= 15 is 0 Å². The second kappa shape index (κ2) is 6.24. The number of aryl methyl sites for hydroxylation is 1. The molecule has 6 nitrogen and oxygen atoms in total. The first-order valence-electron chi connectivity index (χ1n) is 5.83. The Kier molecular flexibility index (Phi) is 4.96. The lowest BCUT2D eigenvalue weighted by Gasteiger charge is -2.22. The molecule has 1 aromatic rings. The summed E-state index contributed by atoms with van der Waals surface area (Å²) in [6.07, 6.45) is 2.85. The Labute approximate surface area is 101 Å². The molecule has 1 atom stereocenters. The van der Waals surface area contributed by atoms with Crippen molar-refractivity contribution in [3.05, 3.63) is 12.4 Å². The van der Waals surface area contributed by atoms with Gasteiger partial charge in [0, 0.05) is 25.8 Å². The molecule has 1 unspecified atom stereocenters. The van der Waals surface area contributed by atoms with Gasteiger partial charge in [-0.2, -0.15) is 5.10 Å². The second-order valence-corrected chi connectivity index (χ2v) is 3.90. The fourth-order valence-corrected chi connectivity index (χ4v) is 1.48. The zero-order chi connectivity index (χ0) is 12.8. The maximum atomic E-state index is 11.8. The molecule has 0 radical (unpaired) electrons. The van der Waals surface area contributed by atoms with Crippen LogP contribution in [0, 0.1) is 0 Å². The Balaban J connectivity index is 2.57. The van der Waals surface area contributed by atoms with Crippen molar-refractivity contribution in [1.82, 2.24) is 14.7 Å². The van der Waals surface area contributed by atoms with Crippen LogP contribution in [0.25, 0.3) is 0 Å². The van der Waals surface area contributed by atoms with E-state index in [9.17, 15) is 9.90 Å². The summed E-state index contributed by atoms with van der Waals surface area (Å²) in [4.78, 5) is 13.4. The minimum Gasteiger partial charge on any atom is -0.392 e. The van der Waals surface area contributed by atoms with Crippen LogP contribution in [0.4, 0.5) is 10.5 Å². The van der Waals surface area contributed by atoms with Crippen LogP contribution in [0.5, 0.6) is 0 Å². The SMILES string of the molecule is CCN(CC(C)O)C(=O)Nc1cnn(CC)c1. The molecule has 0 aromatic carbocycles. The van der Waals surface area contributed by atoms with Crippen molar-refractivity contribution in [3.63, 3.8) is 0 Å². The topological polar surface area (TPSA) is 70.4 Å². The molecule has 0 spiro atoms. The molecule has 2 amide bonds. The van der Waals surface area contributed by atoms with Gasteiger partial charge in [-0.1, -0.05) is 0 Å². The lowest BCUT2D eigenvalue weighted by atomic mass is 10.3. The molecule has 0 aliphatic rings. The summed E-state index contributed by atoms with van der Waals surface area (Å²) in [5.74, 6) is 0. The predicted molar refractivity (Wildman–Crippen MR) is 65.8 cm³/mol. The van der Waals surface area contributed by atoms with Gasteiger partial charge in [-0.3, -0.25) is 4.68 Å². The average molecular weight is 240 g/mol. The van der Waals surface area contributed by atoms with E-state index in [0.717, 1.165) is 6.54 Å². The van der Waals surface area contributed by atoms with E-state index in [2.05, 4.69) is 10.4 Å². The van der Waals surface area contributed by atoms with Crippen LogP contribution in [-0.2, 0) is 6.54 Å². The third-order valence-electron chi connectivity index (χ3n) is 2.36. The van der Waals surface area contributed by atoms with Gasteiger partial charge in [-0.05, 0) is 20.8 Å². The van der Waals surface area contributed by atoms with Gasteiger partial charge in [-0.15, -0.1) is 0 Å². The van der Waals surface area contributed by atoms with E-state index in [-0.39, 0.29) is 6.03 Å². The third kappa shape index (κ3) is 4.07. The molecule has 2 N–H and O–H groups in total. The highest BCUT2D eigenvalue weighted by Crippen LogP contribution is 2.06. The number of likely N-dealkylation sites (N-methyl/N-ethyl adjacent to an activating group) is 1. The minimum absolute atomic E-state index is 0.218. The van der Waals surface area contributed by atoms with Gasteiger partial charge < -0.3 is 15.3 Å². The Bertz CT molecular complexity index is 362. The smallest absolute Gasteiger partial charge is 0.322 e. The highest BCUT2D eigenvalue weighted by atomic mass is 16.3. The summed E-state index contributed by atoms with van der Waals surface area (Å²) >= 11 is 0. The van der Waals surface area contributed by atoms with Crippen molar-refractivity contribution in [1.29, 1.82) is 0 Å². The molecule has 17 heavy (non-hydrogen) atoms. The molecular formula is C11H20N4O2. The number of nitrogens with one attached hydrogen (secondary N) is 1. The number of aliphatic hydroxyl groups is 1. The number of urea groups is 1. The van der Waals surface area contributed by atoms with Gasteiger partial charge in [0.25, 0.3) is 0 Å². The van der Waals surface area contributed by atoms with Crippen LogP contribution in [0.2, 0.25) is 0 Å². The molecule has 0 saturated heterocycles. The number of rotatable bonds is 5. The van der Waals surface area contributed by atoms with Gasteiger partial charge >= 0.3 is 6.03 Å². The molecule has 0 saturated carbocycles. The fourth-order valence-electron chi connectivity index (χ4n) is 1.48. The normalized spacial score (nSPS) is 12.2. The second-order valence-electron chi connectivity index (χ2n) is 3.90. The van der Waals surface area contributed by atoms with Crippen molar-refractivity contribution >= 4 is 11.7 Å². The van der Waals surface area contributed by atoms with E-state index in [1.165, 1.54) is 0 Å². The fraction of sp³-hybridized carbons (Fsp3) is 0.636. The van der Waals surface area contributed by atoms with Crippen LogP contribution in [0.1, 0.15) is 20.8 Å². The number of aromatic nitrogens is 2. The third-order valence-corrected chi connectivity index (χ3v) is 2.36. The Morgan fingerprint density at radius 1 is 1.65 bits per heavy atom. The number of aliphatic hydroxyl groups excluding tert-OH is 1. The van der Waals surface area contributed by atoms with E-state index in [4.69, 9.17) is 0 Å². The Morgan fingerprint density at radius 3 is 2.82 bits per heavy atom. The maximum absolute atomic E-state index is 11.8. The standard InChI is InChI=1S/C11H20N4O2/c1-4-14(7-9(3)16)11(17)13-10-6-12-15(5-2)8-10/h6,8-9,16H,4-5,7H2,1-3H3,(H,13,17). The van der Waals surface area contributed by atoms with Gasteiger partial charge in [0.05, 0.1) is 18.0 Å².